The molecule has 1 aliphatic heterocycles. The van der Waals surface area contributed by atoms with Crippen LogP contribution in [-0.2, 0) is 14.3 Å². The van der Waals surface area contributed by atoms with E-state index in [2.05, 4.69) is 9.73 Å². The lowest BCUT2D eigenvalue weighted by Gasteiger charge is -2.08. The first-order valence-electron chi connectivity index (χ1n) is 3.00. The van der Waals surface area contributed by atoms with Crippen LogP contribution in [0.3, 0.4) is 0 Å². The summed E-state index contributed by atoms with van der Waals surface area (Å²) in [6.45, 7) is 1.77. The zero-order chi connectivity index (χ0) is 7.56. The van der Waals surface area contributed by atoms with Gasteiger partial charge in [0.1, 0.15) is 6.10 Å². The summed E-state index contributed by atoms with van der Waals surface area (Å²) in [6.07, 6.45) is 1.10. The molecule has 0 aromatic heterocycles. The third-order valence-corrected chi connectivity index (χ3v) is 1.38. The maximum Gasteiger partial charge on any atom is 0.334 e. The maximum atomic E-state index is 10.8. The molecule has 0 aromatic carbocycles. The lowest BCUT2D eigenvalue weighted by atomic mass is 10.2. The lowest BCUT2D eigenvalue weighted by molar-refractivity contribution is -0.143. The molecule has 0 saturated carbocycles. The number of rotatable bonds is 1. The van der Waals surface area contributed by atoms with Crippen LogP contribution in [0.15, 0.2) is 4.99 Å². The van der Waals surface area contributed by atoms with E-state index >= 15 is 0 Å². The van der Waals surface area contributed by atoms with E-state index in [1.807, 2.05) is 0 Å². The lowest BCUT2D eigenvalue weighted by Crippen LogP contribution is -2.28. The molecule has 2 atom stereocenters. The Hall–Kier alpha value is -1.06. The van der Waals surface area contributed by atoms with Crippen molar-refractivity contribution in [2.75, 3.05) is 7.11 Å². The van der Waals surface area contributed by atoms with Crippen LogP contribution < -0.4 is 0 Å². The SMILES string of the molecule is COC(=O)[C@H]1N=CO[C@@H]1C. The molecule has 0 N–H and O–H groups in total. The molecule has 56 valence electrons. The van der Waals surface area contributed by atoms with Crippen LogP contribution in [0.1, 0.15) is 6.92 Å². The van der Waals surface area contributed by atoms with Gasteiger partial charge in [-0.1, -0.05) is 0 Å². The third kappa shape index (κ3) is 1.10. The molecule has 0 bridgehead atoms. The standard InChI is InChI=1S/C6H9NO3/c1-4-5(6(8)9-2)7-3-10-4/h3-5H,1-2H3/t4-,5+/m1/s1. The normalized spacial score (nSPS) is 29.8. The second-order valence-corrected chi connectivity index (χ2v) is 2.06. The van der Waals surface area contributed by atoms with Crippen molar-refractivity contribution >= 4 is 12.4 Å². The average Bonchev–Trinajstić information content (AvgIpc) is 2.34. The van der Waals surface area contributed by atoms with Gasteiger partial charge in [-0.3, -0.25) is 0 Å². The predicted octanol–water partition coefficient (Wildman–Crippen LogP) is -0.0250. The van der Waals surface area contributed by atoms with Gasteiger partial charge in [0.15, 0.2) is 12.4 Å². The van der Waals surface area contributed by atoms with Gasteiger partial charge < -0.3 is 9.47 Å². The Morgan fingerprint density at radius 1 is 1.80 bits per heavy atom. The number of ether oxygens (including phenoxy) is 2. The highest BCUT2D eigenvalue weighted by atomic mass is 16.5. The van der Waals surface area contributed by atoms with E-state index in [4.69, 9.17) is 4.74 Å². The summed E-state index contributed by atoms with van der Waals surface area (Å²) >= 11 is 0. The van der Waals surface area contributed by atoms with Gasteiger partial charge in [-0.15, -0.1) is 0 Å². The molecule has 1 aliphatic rings. The first-order valence-corrected chi connectivity index (χ1v) is 3.00. The second kappa shape index (κ2) is 2.68. The smallest absolute Gasteiger partial charge is 0.334 e. The van der Waals surface area contributed by atoms with Gasteiger partial charge in [-0.05, 0) is 6.92 Å². The van der Waals surface area contributed by atoms with E-state index in [9.17, 15) is 4.79 Å². The number of hydrogen-bond donors (Lipinski definition) is 0. The highest BCUT2D eigenvalue weighted by molar-refractivity contribution is 5.79. The maximum absolute atomic E-state index is 10.8. The summed E-state index contributed by atoms with van der Waals surface area (Å²) in [5, 5.41) is 0. The molecule has 10 heavy (non-hydrogen) atoms. The Kier molecular flexibility index (Phi) is 1.89. The topological polar surface area (TPSA) is 47.9 Å². The Morgan fingerprint density at radius 3 is 2.90 bits per heavy atom. The van der Waals surface area contributed by atoms with E-state index < -0.39 is 6.04 Å². The van der Waals surface area contributed by atoms with Gasteiger partial charge >= 0.3 is 5.97 Å². The monoisotopic (exact) mass is 143 g/mol. The number of esters is 1. The Bertz CT molecular complexity index is 166. The van der Waals surface area contributed by atoms with Crippen molar-refractivity contribution in [3.05, 3.63) is 0 Å². The summed E-state index contributed by atoms with van der Waals surface area (Å²) in [5.41, 5.74) is 0. The van der Waals surface area contributed by atoms with Crippen LogP contribution in [0.2, 0.25) is 0 Å². The molecule has 0 radical (unpaired) electrons. The van der Waals surface area contributed by atoms with E-state index in [0.717, 1.165) is 0 Å². The number of carbonyl (C=O) groups is 1. The number of carbonyl (C=O) groups excluding carboxylic acids is 1. The van der Waals surface area contributed by atoms with Crippen molar-refractivity contribution in [2.45, 2.75) is 19.1 Å². The molecule has 0 aliphatic carbocycles. The number of aliphatic imine (C=N–C) groups is 1. The van der Waals surface area contributed by atoms with Crippen molar-refractivity contribution in [3.63, 3.8) is 0 Å². The Balaban J connectivity index is 2.55. The van der Waals surface area contributed by atoms with E-state index in [1.54, 1.807) is 6.92 Å². The molecule has 0 saturated heterocycles. The minimum atomic E-state index is -0.468. The summed E-state index contributed by atoms with van der Waals surface area (Å²) < 4.78 is 9.37. The van der Waals surface area contributed by atoms with Crippen LogP contribution in [0.4, 0.5) is 0 Å². The fourth-order valence-electron chi connectivity index (χ4n) is 0.766. The van der Waals surface area contributed by atoms with E-state index in [-0.39, 0.29) is 12.1 Å². The number of nitrogens with zero attached hydrogens (tertiary/aromatic N) is 1. The molecule has 0 amide bonds. The molecular formula is C6H9NO3. The summed E-state index contributed by atoms with van der Waals surface area (Å²) in [7, 11) is 1.34. The first-order chi connectivity index (χ1) is 4.75. The Labute approximate surface area is 58.8 Å². The largest absolute Gasteiger partial charge is 0.478 e. The van der Waals surface area contributed by atoms with Crippen molar-refractivity contribution in [1.29, 1.82) is 0 Å². The van der Waals surface area contributed by atoms with Crippen molar-refractivity contribution in [2.24, 2.45) is 4.99 Å². The van der Waals surface area contributed by atoms with Gasteiger partial charge in [0.05, 0.1) is 7.11 Å². The molecule has 4 nitrogen and oxygen atoms in total. The summed E-state index contributed by atoms with van der Waals surface area (Å²) in [4.78, 5) is 14.6. The van der Waals surface area contributed by atoms with Crippen molar-refractivity contribution < 1.29 is 14.3 Å². The van der Waals surface area contributed by atoms with Gasteiger partial charge in [-0.2, -0.15) is 0 Å². The zero-order valence-corrected chi connectivity index (χ0v) is 5.90. The molecule has 1 heterocycles. The molecule has 0 spiro atoms. The number of hydrogen-bond acceptors (Lipinski definition) is 4. The highest BCUT2D eigenvalue weighted by Gasteiger charge is 2.29. The molecule has 0 fully saturated rings. The number of methoxy groups -OCH3 is 1. The van der Waals surface area contributed by atoms with Crippen LogP contribution >= 0.6 is 0 Å². The summed E-state index contributed by atoms with van der Waals surface area (Å²) in [6, 6.07) is -0.468. The quantitative estimate of drug-likeness (QED) is 0.484. The fraction of sp³-hybridized carbons (Fsp3) is 0.667. The van der Waals surface area contributed by atoms with E-state index in [1.165, 1.54) is 13.5 Å². The second-order valence-electron chi connectivity index (χ2n) is 2.06. The predicted molar refractivity (Wildman–Crippen MR) is 34.8 cm³/mol. The third-order valence-electron chi connectivity index (χ3n) is 1.38. The molecule has 0 unspecified atom stereocenters. The minimum Gasteiger partial charge on any atom is -0.478 e. The van der Waals surface area contributed by atoms with Gasteiger partial charge in [0, 0.05) is 0 Å². The zero-order valence-electron chi connectivity index (χ0n) is 5.90. The van der Waals surface area contributed by atoms with Gasteiger partial charge in [-0.25, -0.2) is 9.79 Å². The average molecular weight is 143 g/mol. The summed E-state index contributed by atoms with van der Waals surface area (Å²) in [5.74, 6) is -0.346. The van der Waals surface area contributed by atoms with Crippen LogP contribution in [-0.4, -0.2) is 31.6 Å². The molecule has 0 aromatic rings. The van der Waals surface area contributed by atoms with Crippen LogP contribution in [0.5, 0.6) is 0 Å². The minimum absolute atomic E-state index is 0.188. The Morgan fingerprint density at radius 2 is 2.50 bits per heavy atom. The van der Waals surface area contributed by atoms with E-state index in [0.29, 0.717) is 0 Å². The van der Waals surface area contributed by atoms with Crippen molar-refractivity contribution in [1.82, 2.24) is 0 Å². The molecular weight excluding hydrogens is 134 g/mol. The highest BCUT2D eigenvalue weighted by Crippen LogP contribution is 2.09. The first kappa shape index (κ1) is 7.05. The molecule has 1 rings (SSSR count). The van der Waals surface area contributed by atoms with Crippen LogP contribution in [0, 0.1) is 0 Å². The van der Waals surface area contributed by atoms with Gasteiger partial charge in [0.2, 0.25) is 0 Å². The van der Waals surface area contributed by atoms with Crippen molar-refractivity contribution in [3.8, 4) is 0 Å². The fourth-order valence-corrected chi connectivity index (χ4v) is 0.766. The van der Waals surface area contributed by atoms with Crippen LogP contribution in [0.25, 0.3) is 0 Å². The van der Waals surface area contributed by atoms with Gasteiger partial charge in [0.25, 0.3) is 0 Å². The molecule has 4 heteroatoms.